The van der Waals surface area contributed by atoms with Gasteiger partial charge in [0.05, 0.1) is 12.6 Å². The fourth-order valence-electron chi connectivity index (χ4n) is 2.09. The molecule has 20 heavy (non-hydrogen) atoms. The topological polar surface area (TPSA) is 58.5 Å². The molecule has 1 fully saturated rings. The van der Waals surface area contributed by atoms with Gasteiger partial charge in [0.15, 0.2) is 5.96 Å². The van der Waals surface area contributed by atoms with Crippen LogP contribution in [0, 0.1) is 0 Å². The van der Waals surface area contributed by atoms with Gasteiger partial charge >= 0.3 is 0 Å². The van der Waals surface area contributed by atoms with E-state index in [2.05, 4.69) is 34.5 Å². The molecule has 6 heteroatoms. The first-order chi connectivity index (χ1) is 9.81. The summed E-state index contributed by atoms with van der Waals surface area (Å²) in [5, 5.41) is 7.67. The molecule has 1 aliphatic heterocycles. The molecule has 0 radical (unpaired) electrons. The van der Waals surface area contributed by atoms with Crippen molar-refractivity contribution in [2.75, 3.05) is 19.7 Å². The van der Waals surface area contributed by atoms with Gasteiger partial charge in [-0.2, -0.15) is 0 Å². The summed E-state index contributed by atoms with van der Waals surface area (Å²) >= 11 is 1.74. The monoisotopic (exact) mass is 296 g/mol. The fourth-order valence-corrected chi connectivity index (χ4v) is 2.88. The third-order valence-corrected chi connectivity index (χ3v) is 4.31. The Bertz CT molecular complexity index is 427. The van der Waals surface area contributed by atoms with Gasteiger partial charge in [-0.15, -0.1) is 11.3 Å². The van der Waals surface area contributed by atoms with E-state index in [9.17, 15) is 0 Å². The molecule has 0 amide bonds. The minimum atomic E-state index is 0.324. The van der Waals surface area contributed by atoms with Gasteiger partial charge in [0.1, 0.15) is 5.01 Å². The molecule has 0 bridgehead atoms. The third kappa shape index (κ3) is 4.76. The first-order valence-electron chi connectivity index (χ1n) is 7.39. The number of aliphatic imine (C=N–C) groups is 1. The second-order valence-electron chi connectivity index (χ2n) is 4.78. The lowest BCUT2D eigenvalue weighted by Gasteiger charge is -2.14. The van der Waals surface area contributed by atoms with Crippen LogP contribution in [0.5, 0.6) is 0 Å². The lowest BCUT2D eigenvalue weighted by Crippen LogP contribution is -2.41. The van der Waals surface area contributed by atoms with Crippen LogP contribution in [0.1, 0.15) is 36.6 Å². The maximum Gasteiger partial charge on any atom is 0.191 e. The largest absolute Gasteiger partial charge is 0.376 e. The second kappa shape index (κ2) is 8.21. The maximum absolute atomic E-state index is 5.61. The Kier molecular flexibility index (Phi) is 6.26. The highest BCUT2D eigenvalue weighted by Gasteiger charge is 2.15. The third-order valence-electron chi connectivity index (χ3n) is 3.19. The average molecular weight is 296 g/mol. The Morgan fingerprint density at radius 2 is 2.40 bits per heavy atom. The van der Waals surface area contributed by atoms with E-state index in [0.717, 1.165) is 43.5 Å². The van der Waals surface area contributed by atoms with Crippen LogP contribution in [0.4, 0.5) is 0 Å². The number of hydrogen-bond donors (Lipinski definition) is 2. The summed E-state index contributed by atoms with van der Waals surface area (Å²) in [7, 11) is 0. The number of nitrogens with one attached hydrogen (secondary N) is 2. The molecule has 2 N–H and O–H groups in total. The number of rotatable bonds is 6. The van der Waals surface area contributed by atoms with Gasteiger partial charge < -0.3 is 15.4 Å². The first kappa shape index (κ1) is 15.3. The molecule has 0 aliphatic carbocycles. The smallest absolute Gasteiger partial charge is 0.191 e. The van der Waals surface area contributed by atoms with Gasteiger partial charge in [-0.3, -0.25) is 0 Å². The second-order valence-corrected chi connectivity index (χ2v) is 5.98. The van der Waals surface area contributed by atoms with Gasteiger partial charge in [-0.1, -0.05) is 6.92 Å². The number of guanidine groups is 1. The Hall–Kier alpha value is -1.14. The Morgan fingerprint density at radius 1 is 1.50 bits per heavy atom. The van der Waals surface area contributed by atoms with Crippen molar-refractivity contribution in [2.45, 2.75) is 45.8 Å². The van der Waals surface area contributed by atoms with E-state index in [1.807, 2.05) is 6.20 Å². The number of aromatic nitrogens is 1. The van der Waals surface area contributed by atoms with Crippen molar-refractivity contribution in [1.29, 1.82) is 0 Å². The van der Waals surface area contributed by atoms with Gasteiger partial charge in [-0.25, -0.2) is 9.98 Å². The normalized spacial score (nSPS) is 19.3. The minimum absolute atomic E-state index is 0.324. The van der Waals surface area contributed by atoms with Gasteiger partial charge in [0.25, 0.3) is 0 Å². The van der Waals surface area contributed by atoms with Crippen molar-refractivity contribution in [3.8, 4) is 0 Å². The predicted octanol–water partition coefficient (Wildman–Crippen LogP) is 1.94. The zero-order chi connectivity index (χ0) is 14.2. The van der Waals surface area contributed by atoms with E-state index >= 15 is 0 Å². The first-order valence-corrected chi connectivity index (χ1v) is 8.20. The number of thiazole rings is 1. The van der Waals surface area contributed by atoms with Crippen molar-refractivity contribution < 1.29 is 4.74 Å². The summed E-state index contributed by atoms with van der Waals surface area (Å²) in [6.07, 6.45) is 5.61. The van der Waals surface area contributed by atoms with E-state index in [1.54, 1.807) is 11.3 Å². The zero-order valence-corrected chi connectivity index (χ0v) is 13.1. The Balaban J connectivity index is 1.83. The standard InChI is InChI=1S/C14H24N4OS/c1-3-12-9-16-13(20-12)10-18-14(15-4-2)17-8-11-6-5-7-19-11/h9,11H,3-8,10H2,1-2H3,(H2,15,17,18). The van der Waals surface area contributed by atoms with Crippen LogP contribution in [0.25, 0.3) is 0 Å². The fraction of sp³-hybridized carbons (Fsp3) is 0.714. The molecule has 0 saturated carbocycles. The molecular formula is C14H24N4OS. The average Bonchev–Trinajstić information content (AvgIpc) is 3.13. The van der Waals surface area contributed by atoms with E-state index < -0.39 is 0 Å². The molecule has 1 aromatic rings. The number of aryl methyl sites for hydroxylation is 1. The molecule has 0 aromatic carbocycles. The van der Waals surface area contributed by atoms with Crippen molar-refractivity contribution in [1.82, 2.24) is 15.6 Å². The molecule has 1 saturated heterocycles. The lowest BCUT2D eigenvalue weighted by molar-refractivity contribution is 0.114. The van der Waals surface area contributed by atoms with Gasteiger partial charge in [0.2, 0.25) is 0 Å². The molecule has 2 heterocycles. The number of hydrogen-bond acceptors (Lipinski definition) is 4. The van der Waals surface area contributed by atoms with E-state index in [-0.39, 0.29) is 0 Å². The number of ether oxygens (including phenoxy) is 1. The Labute approximate surface area is 124 Å². The maximum atomic E-state index is 5.61. The Morgan fingerprint density at radius 3 is 3.05 bits per heavy atom. The summed E-state index contributed by atoms with van der Waals surface area (Å²) in [5.74, 6) is 0.844. The van der Waals surface area contributed by atoms with E-state index in [4.69, 9.17) is 4.74 Å². The quantitative estimate of drug-likeness (QED) is 0.622. The molecule has 2 rings (SSSR count). The molecule has 1 aromatic heterocycles. The summed E-state index contributed by atoms with van der Waals surface area (Å²) in [5.41, 5.74) is 0. The van der Waals surface area contributed by atoms with Crippen molar-refractivity contribution in [3.05, 3.63) is 16.1 Å². The molecule has 0 spiro atoms. The van der Waals surface area contributed by atoms with Crippen molar-refractivity contribution >= 4 is 17.3 Å². The molecule has 1 atom stereocenters. The highest BCUT2D eigenvalue weighted by Crippen LogP contribution is 2.14. The molecule has 112 valence electrons. The molecule has 5 nitrogen and oxygen atoms in total. The highest BCUT2D eigenvalue weighted by atomic mass is 32.1. The SMILES string of the molecule is CCNC(=NCc1ncc(CC)s1)NCC1CCCO1. The van der Waals surface area contributed by atoms with Crippen LogP contribution in [0.15, 0.2) is 11.2 Å². The van der Waals surface area contributed by atoms with Crippen LogP contribution in [0.2, 0.25) is 0 Å². The van der Waals surface area contributed by atoms with E-state index in [1.165, 1.54) is 11.3 Å². The van der Waals surface area contributed by atoms with Crippen LogP contribution in [-0.2, 0) is 17.7 Å². The summed E-state index contributed by atoms with van der Waals surface area (Å²) in [6.45, 7) is 7.42. The zero-order valence-electron chi connectivity index (χ0n) is 12.3. The van der Waals surface area contributed by atoms with Crippen LogP contribution in [0.3, 0.4) is 0 Å². The molecule has 1 aliphatic rings. The van der Waals surface area contributed by atoms with Crippen LogP contribution in [-0.4, -0.2) is 36.7 Å². The predicted molar refractivity (Wildman–Crippen MR) is 83.3 cm³/mol. The van der Waals surface area contributed by atoms with Crippen molar-refractivity contribution in [3.63, 3.8) is 0 Å². The van der Waals surface area contributed by atoms with Crippen molar-refractivity contribution in [2.24, 2.45) is 4.99 Å². The van der Waals surface area contributed by atoms with Gasteiger partial charge in [0, 0.05) is 30.8 Å². The van der Waals surface area contributed by atoms with E-state index in [0.29, 0.717) is 12.6 Å². The number of nitrogens with zero attached hydrogens (tertiary/aromatic N) is 2. The molecule has 1 unspecified atom stereocenters. The minimum Gasteiger partial charge on any atom is -0.376 e. The summed E-state index contributed by atoms with van der Waals surface area (Å²) in [6, 6.07) is 0. The molecular weight excluding hydrogens is 272 g/mol. The lowest BCUT2D eigenvalue weighted by atomic mass is 10.2. The van der Waals surface area contributed by atoms with Crippen LogP contribution < -0.4 is 10.6 Å². The summed E-state index contributed by atoms with van der Waals surface area (Å²) in [4.78, 5) is 10.3. The van der Waals surface area contributed by atoms with Gasteiger partial charge in [-0.05, 0) is 26.2 Å². The highest BCUT2D eigenvalue weighted by molar-refractivity contribution is 7.11. The summed E-state index contributed by atoms with van der Waals surface area (Å²) < 4.78 is 5.61. The van der Waals surface area contributed by atoms with Crippen LogP contribution >= 0.6 is 11.3 Å².